The highest BCUT2D eigenvalue weighted by molar-refractivity contribution is 7.18. The molecule has 4 aromatic rings. The van der Waals surface area contributed by atoms with Crippen molar-refractivity contribution in [1.29, 1.82) is 0 Å². The molecule has 0 aliphatic heterocycles. The third-order valence-electron chi connectivity index (χ3n) is 4.37. The maximum Gasteiger partial charge on any atom is 0.263 e. The van der Waals surface area contributed by atoms with E-state index in [0.29, 0.717) is 16.7 Å². The van der Waals surface area contributed by atoms with Gasteiger partial charge in [0, 0.05) is 30.7 Å². The van der Waals surface area contributed by atoms with Gasteiger partial charge in [0.2, 0.25) is 5.13 Å². The second-order valence-corrected chi connectivity index (χ2v) is 7.24. The van der Waals surface area contributed by atoms with Crippen molar-refractivity contribution in [3.8, 4) is 10.6 Å². The minimum absolute atomic E-state index is 0.0363. The minimum Gasteiger partial charge on any atom is -0.307 e. The van der Waals surface area contributed by atoms with Crippen LogP contribution in [0.15, 0.2) is 55.0 Å². The average Bonchev–Trinajstić information content (AvgIpc) is 3.37. The van der Waals surface area contributed by atoms with Crippen molar-refractivity contribution in [2.45, 2.75) is 19.8 Å². The second-order valence-electron chi connectivity index (χ2n) is 6.29. The summed E-state index contributed by atoms with van der Waals surface area (Å²) in [5.74, 6) is -0.943. The lowest BCUT2D eigenvalue weighted by Gasteiger charge is -2.19. The predicted octanol–water partition coefficient (Wildman–Crippen LogP) is 4.44. The molecule has 0 N–H and O–H groups in total. The Morgan fingerprint density at radius 2 is 2.07 bits per heavy atom. The van der Waals surface area contributed by atoms with Gasteiger partial charge in [0.1, 0.15) is 16.5 Å². The molecule has 28 heavy (non-hydrogen) atoms. The third kappa shape index (κ3) is 3.50. The van der Waals surface area contributed by atoms with Crippen LogP contribution in [0.3, 0.4) is 0 Å². The molecule has 0 saturated carbocycles. The van der Waals surface area contributed by atoms with E-state index in [2.05, 4.69) is 15.2 Å². The molecule has 6 nitrogen and oxygen atoms in total. The quantitative estimate of drug-likeness (QED) is 0.484. The van der Waals surface area contributed by atoms with Gasteiger partial charge < -0.3 is 4.40 Å². The maximum absolute atomic E-state index is 14.1. The van der Waals surface area contributed by atoms with Gasteiger partial charge in [-0.1, -0.05) is 36.8 Å². The van der Waals surface area contributed by atoms with Crippen molar-refractivity contribution in [1.82, 2.24) is 19.6 Å². The van der Waals surface area contributed by atoms with Crippen LogP contribution in [0, 0.1) is 5.82 Å². The molecule has 0 aliphatic rings. The van der Waals surface area contributed by atoms with Crippen molar-refractivity contribution >= 4 is 28.0 Å². The lowest BCUT2D eigenvalue weighted by atomic mass is 10.2. The zero-order valence-electron chi connectivity index (χ0n) is 15.2. The summed E-state index contributed by atoms with van der Waals surface area (Å²) in [6, 6.07) is 9.84. The molecule has 0 radical (unpaired) electrons. The lowest BCUT2D eigenvalue weighted by molar-refractivity contribution is 0.0982. The van der Waals surface area contributed by atoms with E-state index in [0.717, 1.165) is 24.1 Å². The van der Waals surface area contributed by atoms with Crippen LogP contribution in [0.1, 0.15) is 30.1 Å². The van der Waals surface area contributed by atoms with E-state index in [-0.39, 0.29) is 5.56 Å². The van der Waals surface area contributed by atoms with E-state index in [1.54, 1.807) is 18.3 Å². The van der Waals surface area contributed by atoms with Crippen LogP contribution < -0.4 is 4.90 Å². The number of hydrogen-bond donors (Lipinski definition) is 0. The topological polar surface area (TPSA) is 63.4 Å². The Balaban J connectivity index is 1.67. The van der Waals surface area contributed by atoms with Gasteiger partial charge in [0.15, 0.2) is 0 Å². The Morgan fingerprint density at radius 3 is 2.89 bits per heavy atom. The lowest BCUT2D eigenvalue weighted by Crippen LogP contribution is -2.32. The molecule has 0 unspecified atom stereocenters. The molecule has 1 aromatic carbocycles. The van der Waals surface area contributed by atoms with Crippen molar-refractivity contribution in [3.05, 3.63) is 66.4 Å². The van der Waals surface area contributed by atoms with E-state index >= 15 is 0 Å². The number of benzene rings is 1. The molecule has 4 rings (SSSR count). The van der Waals surface area contributed by atoms with Crippen molar-refractivity contribution in [3.63, 3.8) is 0 Å². The summed E-state index contributed by atoms with van der Waals surface area (Å²) in [5, 5.41) is 9.60. The van der Waals surface area contributed by atoms with Gasteiger partial charge in [0.25, 0.3) is 5.91 Å². The van der Waals surface area contributed by atoms with Crippen LogP contribution in [0.5, 0.6) is 0 Å². The summed E-state index contributed by atoms with van der Waals surface area (Å²) in [6.07, 6.45) is 7.19. The van der Waals surface area contributed by atoms with Crippen molar-refractivity contribution in [2.24, 2.45) is 0 Å². The van der Waals surface area contributed by atoms with Crippen LogP contribution in [0.4, 0.5) is 9.52 Å². The molecule has 1 amide bonds. The van der Waals surface area contributed by atoms with Crippen LogP contribution in [-0.2, 0) is 0 Å². The molecule has 0 bridgehead atoms. The number of fused-ring (bicyclic) bond motifs is 1. The Hall–Kier alpha value is -3.13. The zero-order chi connectivity index (χ0) is 19.5. The van der Waals surface area contributed by atoms with E-state index < -0.39 is 11.7 Å². The molecule has 0 aliphatic carbocycles. The first-order valence-electron chi connectivity index (χ1n) is 9.00. The minimum atomic E-state index is -0.538. The van der Waals surface area contributed by atoms with Gasteiger partial charge in [-0.15, -0.1) is 10.2 Å². The first kappa shape index (κ1) is 18.2. The van der Waals surface area contributed by atoms with Crippen molar-refractivity contribution < 1.29 is 9.18 Å². The fourth-order valence-electron chi connectivity index (χ4n) is 2.86. The Morgan fingerprint density at radius 1 is 1.21 bits per heavy atom. The fraction of sp³-hybridized carbons (Fsp3) is 0.200. The number of amides is 1. The summed E-state index contributed by atoms with van der Waals surface area (Å²) >= 11 is 1.31. The van der Waals surface area contributed by atoms with Gasteiger partial charge in [-0.3, -0.25) is 9.69 Å². The number of rotatable bonds is 6. The van der Waals surface area contributed by atoms with Gasteiger partial charge in [-0.2, -0.15) is 0 Å². The average molecular weight is 395 g/mol. The van der Waals surface area contributed by atoms with Gasteiger partial charge >= 0.3 is 0 Å². The maximum atomic E-state index is 14.1. The van der Waals surface area contributed by atoms with E-state index in [1.165, 1.54) is 28.4 Å². The standard InChI is InChI=1S/C20H18FN5OS/c1-2-3-10-26(19(27)15-6-4-5-7-16(15)21)20-24-23-18(28-20)14-8-11-25-12-9-22-17(25)13-14/h4-9,11-13H,2-3,10H2,1H3. The normalized spacial score (nSPS) is 11.1. The van der Waals surface area contributed by atoms with Gasteiger partial charge in [-0.05, 0) is 30.7 Å². The van der Waals surface area contributed by atoms with Gasteiger partial charge in [0.05, 0.1) is 5.56 Å². The summed E-state index contributed by atoms with van der Waals surface area (Å²) in [4.78, 5) is 18.8. The molecule has 0 fully saturated rings. The Kier molecular flexibility index (Phi) is 5.12. The zero-order valence-corrected chi connectivity index (χ0v) is 16.1. The molecule has 3 aromatic heterocycles. The number of imidazole rings is 1. The largest absolute Gasteiger partial charge is 0.307 e. The van der Waals surface area contributed by atoms with E-state index in [1.807, 2.05) is 35.9 Å². The number of hydrogen-bond acceptors (Lipinski definition) is 5. The summed E-state index contributed by atoms with van der Waals surface area (Å²) in [7, 11) is 0. The van der Waals surface area contributed by atoms with Gasteiger partial charge in [-0.25, -0.2) is 9.37 Å². The fourth-order valence-corrected chi connectivity index (χ4v) is 3.73. The van der Waals surface area contributed by atoms with Crippen LogP contribution in [-0.4, -0.2) is 32.0 Å². The molecule has 0 atom stereocenters. The predicted molar refractivity (Wildman–Crippen MR) is 107 cm³/mol. The number of carbonyl (C=O) groups is 1. The molecule has 0 spiro atoms. The number of halogens is 1. The molecule has 8 heteroatoms. The first-order chi connectivity index (χ1) is 13.7. The monoisotopic (exact) mass is 395 g/mol. The number of carbonyl (C=O) groups excluding carboxylic acids is 1. The first-order valence-corrected chi connectivity index (χ1v) is 9.82. The summed E-state index contributed by atoms with van der Waals surface area (Å²) in [6.45, 7) is 2.49. The summed E-state index contributed by atoms with van der Waals surface area (Å²) < 4.78 is 16.0. The van der Waals surface area contributed by atoms with Crippen LogP contribution in [0.2, 0.25) is 0 Å². The highest BCUT2D eigenvalue weighted by atomic mass is 32.1. The number of nitrogens with zero attached hydrogens (tertiary/aromatic N) is 5. The van der Waals surface area contributed by atoms with Crippen LogP contribution in [0.25, 0.3) is 16.2 Å². The summed E-state index contributed by atoms with van der Waals surface area (Å²) in [5.41, 5.74) is 1.71. The van der Waals surface area contributed by atoms with E-state index in [4.69, 9.17) is 0 Å². The highest BCUT2D eigenvalue weighted by Gasteiger charge is 2.23. The Labute approximate surface area is 165 Å². The molecular formula is C20H18FN5OS. The van der Waals surface area contributed by atoms with E-state index in [9.17, 15) is 9.18 Å². The number of pyridine rings is 1. The smallest absolute Gasteiger partial charge is 0.263 e. The SMILES string of the molecule is CCCCN(C(=O)c1ccccc1F)c1nnc(-c2ccn3ccnc3c2)s1. The third-order valence-corrected chi connectivity index (χ3v) is 5.37. The number of unbranched alkanes of at least 4 members (excludes halogenated alkanes) is 1. The molecular weight excluding hydrogens is 377 g/mol. The molecule has 0 saturated heterocycles. The number of anilines is 1. The Bertz CT molecular complexity index is 1120. The van der Waals surface area contributed by atoms with Crippen LogP contribution >= 0.6 is 11.3 Å². The molecule has 3 heterocycles. The molecule has 142 valence electrons. The number of aromatic nitrogens is 4. The second kappa shape index (κ2) is 7.85. The highest BCUT2D eigenvalue weighted by Crippen LogP contribution is 2.30. The van der Waals surface area contributed by atoms with Crippen molar-refractivity contribution in [2.75, 3.05) is 11.4 Å².